The van der Waals surface area contributed by atoms with Gasteiger partial charge in [-0.15, -0.1) is 6.58 Å². The van der Waals surface area contributed by atoms with E-state index in [1.54, 1.807) is 59.5 Å². The molecule has 0 saturated heterocycles. The summed E-state index contributed by atoms with van der Waals surface area (Å²) in [5.74, 6) is -1.33. The van der Waals surface area contributed by atoms with Crippen molar-refractivity contribution in [3.63, 3.8) is 0 Å². The number of benzene rings is 3. The van der Waals surface area contributed by atoms with Gasteiger partial charge in [-0.2, -0.15) is 0 Å². The van der Waals surface area contributed by atoms with Crippen LogP contribution in [0.3, 0.4) is 0 Å². The molecule has 1 aliphatic heterocycles. The number of ether oxygens (including phenoxy) is 4. The molecule has 6 rings (SSSR count). The molecule has 6 unspecified atom stereocenters. The number of oxime groups is 1. The Hall–Kier alpha value is -5.71. The van der Waals surface area contributed by atoms with Crippen LogP contribution in [0.1, 0.15) is 79.3 Å². The maximum absolute atomic E-state index is 14.8. The summed E-state index contributed by atoms with van der Waals surface area (Å²) in [6.07, 6.45) is 12.1. The first-order chi connectivity index (χ1) is 31.2. The predicted octanol–water partition coefficient (Wildman–Crippen LogP) is 7.40. The van der Waals surface area contributed by atoms with Gasteiger partial charge in [-0.1, -0.05) is 42.3 Å². The maximum atomic E-state index is 14.8. The van der Waals surface area contributed by atoms with Crippen LogP contribution < -0.4 is 9.47 Å². The van der Waals surface area contributed by atoms with Crippen molar-refractivity contribution in [2.24, 2.45) is 22.9 Å². The summed E-state index contributed by atoms with van der Waals surface area (Å²) in [6, 6.07) is 17.5. The lowest BCUT2D eigenvalue weighted by Gasteiger charge is -2.60. The van der Waals surface area contributed by atoms with Gasteiger partial charge in [-0.3, -0.25) is 19.7 Å². The van der Waals surface area contributed by atoms with Crippen molar-refractivity contribution in [2.75, 3.05) is 52.8 Å². The lowest BCUT2D eigenvalue weighted by atomic mass is 9.55. The smallest absolute Gasteiger partial charge is 0.269 e. The number of aliphatic hydroxyl groups excluding tert-OH is 3. The summed E-state index contributed by atoms with van der Waals surface area (Å²) in [7, 11) is 0. The molecule has 6 atom stereocenters. The summed E-state index contributed by atoms with van der Waals surface area (Å²) in [6.45, 7) is 6.27. The van der Waals surface area contributed by atoms with E-state index in [-0.39, 0.29) is 82.7 Å². The molecule has 0 bridgehead atoms. The predicted molar refractivity (Wildman–Crippen MR) is 240 cm³/mol. The maximum Gasteiger partial charge on any atom is 0.269 e. The van der Waals surface area contributed by atoms with Crippen molar-refractivity contribution in [2.45, 2.75) is 69.6 Å². The number of amides is 1. The Bertz CT molecular complexity index is 2160. The number of hydrogen-bond donors (Lipinski definition) is 3. The molecule has 3 aromatic carbocycles. The highest BCUT2D eigenvalue weighted by Gasteiger charge is 2.65. The SMILES string of the molecule is C=CCOC12Oc3ccc(Oc4cccc(C=O)c4)cc3C3C(CCCCO)C(CCCCO)C=C(C(=NOCC)CC1N(CCOCCO)C(=O)C=Cc1ccc([N+](=O)[O-])cc1)C32. The van der Waals surface area contributed by atoms with Crippen LogP contribution >= 0.6 is 0 Å². The van der Waals surface area contributed by atoms with Crippen LogP contribution in [-0.4, -0.2) is 108 Å². The van der Waals surface area contributed by atoms with E-state index in [1.165, 1.54) is 18.2 Å². The number of unbranched alkanes of at least 4 members (excludes halogenated alkanes) is 2. The number of aliphatic hydroxyl groups is 3. The van der Waals surface area contributed by atoms with Crippen LogP contribution in [0.25, 0.3) is 6.08 Å². The lowest BCUT2D eigenvalue weighted by molar-refractivity contribution is -0.384. The molecule has 3 aliphatic rings. The molecule has 1 saturated carbocycles. The normalized spacial score (nSPS) is 22.8. The van der Waals surface area contributed by atoms with Crippen LogP contribution in [-0.2, 0) is 19.1 Å². The Morgan fingerprint density at radius 1 is 0.984 bits per heavy atom. The number of non-ortho nitro benzene ring substituents is 1. The van der Waals surface area contributed by atoms with Crippen LogP contribution in [0.4, 0.5) is 5.69 Å². The Kier molecular flexibility index (Phi) is 17.4. The molecule has 64 heavy (non-hydrogen) atoms. The molecule has 2 aliphatic carbocycles. The third kappa shape index (κ3) is 11.1. The Morgan fingerprint density at radius 3 is 2.45 bits per heavy atom. The molecule has 0 spiro atoms. The number of carbonyl (C=O) groups is 2. The number of nitro groups is 1. The average Bonchev–Trinajstić information content (AvgIpc) is 3.31. The molecule has 1 fully saturated rings. The largest absolute Gasteiger partial charge is 0.459 e. The highest BCUT2D eigenvalue weighted by atomic mass is 16.7. The molecular formula is C49H59N3O12. The second-order valence-corrected chi connectivity index (χ2v) is 16.0. The van der Waals surface area contributed by atoms with Crippen molar-refractivity contribution in [1.29, 1.82) is 0 Å². The summed E-state index contributed by atoms with van der Waals surface area (Å²) in [4.78, 5) is 44.8. The number of rotatable bonds is 25. The lowest BCUT2D eigenvalue weighted by Crippen LogP contribution is -2.70. The number of hydrogen-bond acceptors (Lipinski definition) is 13. The van der Waals surface area contributed by atoms with Gasteiger partial charge < -0.3 is 44.0 Å². The Balaban J connectivity index is 1.56. The molecular weight excluding hydrogens is 823 g/mol. The molecule has 3 aromatic rings. The summed E-state index contributed by atoms with van der Waals surface area (Å²) in [5.41, 5.74) is 3.32. The van der Waals surface area contributed by atoms with Crippen molar-refractivity contribution < 1.29 is 53.6 Å². The molecule has 15 heteroatoms. The number of fused-ring (bicyclic) bond motifs is 2. The van der Waals surface area contributed by atoms with E-state index in [9.17, 15) is 35.0 Å². The minimum absolute atomic E-state index is 0.0102. The van der Waals surface area contributed by atoms with Crippen molar-refractivity contribution in [3.05, 3.63) is 124 Å². The van der Waals surface area contributed by atoms with Crippen LogP contribution in [0.2, 0.25) is 0 Å². The molecule has 1 amide bonds. The van der Waals surface area contributed by atoms with Crippen LogP contribution in [0.5, 0.6) is 17.2 Å². The van der Waals surface area contributed by atoms with E-state index in [1.807, 2.05) is 19.1 Å². The molecule has 15 nitrogen and oxygen atoms in total. The number of nitrogens with zero attached hydrogens (tertiary/aromatic N) is 3. The second-order valence-electron chi connectivity index (χ2n) is 16.0. The van der Waals surface area contributed by atoms with Crippen LogP contribution in [0, 0.1) is 27.9 Å². The first-order valence-electron chi connectivity index (χ1n) is 22.1. The summed E-state index contributed by atoms with van der Waals surface area (Å²) < 4.78 is 26.5. The van der Waals surface area contributed by atoms with Crippen molar-refractivity contribution >= 4 is 29.7 Å². The minimum Gasteiger partial charge on any atom is -0.459 e. The third-order valence-corrected chi connectivity index (χ3v) is 12.1. The van der Waals surface area contributed by atoms with Gasteiger partial charge in [0, 0.05) is 61.4 Å². The monoisotopic (exact) mass is 881 g/mol. The molecule has 0 radical (unpaired) electrons. The van der Waals surface area contributed by atoms with E-state index < -0.39 is 28.6 Å². The highest BCUT2D eigenvalue weighted by molar-refractivity contribution is 6.03. The summed E-state index contributed by atoms with van der Waals surface area (Å²) in [5, 5.41) is 45.5. The first-order valence-corrected chi connectivity index (χ1v) is 22.1. The van der Waals surface area contributed by atoms with Crippen molar-refractivity contribution in [1.82, 2.24) is 4.90 Å². The van der Waals surface area contributed by atoms with E-state index in [4.69, 9.17) is 28.9 Å². The van der Waals surface area contributed by atoms with E-state index >= 15 is 0 Å². The van der Waals surface area contributed by atoms with Gasteiger partial charge in [0.15, 0.2) is 0 Å². The molecule has 3 N–H and O–H groups in total. The fourth-order valence-electron chi connectivity index (χ4n) is 9.36. The molecule has 1 heterocycles. The first kappa shape index (κ1) is 47.8. The average molecular weight is 882 g/mol. The molecule has 0 aromatic heterocycles. The molecule has 342 valence electrons. The highest BCUT2D eigenvalue weighted by Crippen LogP contribution is 2.62. The topological polar surface area (TPSA) is 200 Å². The Morgan fingerprint density at radius 2 is 1.75 bits per heavy atom. The van der Waals surface area contributed by atoms with Crippen LogP contribution in [0.15, 0.2) is 102 Å². The number of aldehydes is 1. The number of allylic oxidation sites excluding steroid dienone is 1. The van der Waals surface area contributed by atoms with Gasteiger partial charge in [0.2, 0.25) is 11.7 Å². The zero-order valence-corrected chi connectivity index (χ0v) is 36.3. The summed E-state index contributed by atoms with van der Waals surface area (Å²) >= 11 is 0. The minimum atomic E-state index is -1.54. The zero-order chi connectivity index (χ0) is 45.5. The second kappa shape index (κ2) is 23.3. The quantitative estimate of drug-likeness (QED) is 0.0191. The zero-order valence-electron chi connectivity index (χ0n) is 36.3. The van der Waals surface area contributed by atoms with E-state index in [2.05, 4.69) is 12.7 Å². The third-order valence-electron chi connectivity index (χ3n) is 12.1. The fourth-order valence-corrected chi connectivity index (χ4v) is 9.36. The van der Waals surface area contributed by atoms with Gasteiger partial charge in [0.25, 0.3) is 5.69 Å². The van der Waals surface area contributed by atoms with Gasteiger partial charge in [-0.25, -0.2) is 0 Å². The van der Waals surface area contributed by atoms with E-state index in [0.717, 1.165) is 43.1 Å². The van der Waals surface area contributed by atoms with Gasteiger partial charge in [-0.05, 0) is 104 Å². The fraction of sp³-hybridized carbons (Fsp3) is 0.449. The van der Waals surface area contributed by atoms with Crippen molar-refractivity contribution in [3.8, 4) is 17.2 Å². The Labute approximate surface area is 373 Å². The van der Waals surface area contributed by atoms with Gasteiger partial charge in [0.05, 0.1) is 43.0 Å². The van der Waals surface area contributed by atoms with Gasteiger partial charge in [0.1, 0.15) is 36.2 Å². The number of carbonyl (C=O) groups excluding carboxylic acids is 2. The standard InChI is InChI=1S/C49H59N3O12/c1-3-26-61-49-45(51(22-27-60-28-25-55)46(57)21-16-34-14-17-37(18-15-34)52(58)59)32-43(50-62-4-2)41-30-36(11-5-7-23-53)40(13-6-8-24-54)47(48(41)49)42-31-39(19-20-44(42)64-49)63-38-12-9-10-35(29-38)33-56/h3,9-10,12,14-21,29-31,33,36,40,45,47-48,53-55H,1,4-8,11,13,22-28,32H2,2H3. The number of nitro benzene ring substituents is 1. The van der Waals surface area contributed by atoms with Gasteiger partial charge >= 0.3 is 0 Å². The van der Waals surface area contributed by atoms with E-state index in [0.29, 0.717) is 46.9 Å².